The Hall–Kier alpha value is -2.34. The number of nitrogens with zero attached hydrogens (tertiary/aromatic N) is 1. The highest BCUT2D eigenvalue weighted by atomic mass is 35.5. The molecule has 0 aliphatic carbocycles. The normalized spacial score (nSPS) is 11.1. The van der Waals surface area contributed by atoms with Crippen LogP contribution in [-0.4, -0.2) is 9.55 Å². The number of benzene rings is 2. The molecule has 4 aromatic rings. The molecule has 0 aliphatic rings. The van der Waals surface area contributed by atoms with Gasteiger partial charge < -0.3 is 0 Å². The van der Waals surface area contributed by atoms with Gasteiger partial charge in [0, 0.05) is 4.88 Å². The van der Waals surface area contributed by atoms with Crippen molar-refractivity contribution in [2.75, 3.05) is 0 Å². The van der Waals surface area contributed by atoms with Gasteiger partial charge in [-0.2, -0.15) is 0 Å². The quantitative estimate of drug-likeness (QED) is 0.540. The van der Waals surface area contributed by atoms with Crippen LogP contribution in [0, 0.1) is 0 Å². The summed E-state index contributed by atoms with van der Waals surface area (Å²) in [5.74, 6) is 0. The van der Waals surface area contributed by atoms with Gasteiger partial charge >= 0.3 is 5.69 Å². The van der Waals surface area contributed by atoms with Crippen molar-refractivity contribution in [1.29, 1.82) is 0 Å². The van der Waals surface area contributed by atoms with E-state index in [4.69, 9.17) is 23.2 Å². The van der Waals surface area contributed by atoms with Crippen LogP contribution in [0.15, 0.2) is 64.2 Å². The van der Waals surface area contributed by atoms with Crippen LogP contribution in [0.1, 0.15) is 0 Å². The van der Waals surface area contributed by atoms with Gasteiger partial charge in [-0.3, -0.25) is 9.78 Å². The molecule has 0 atom stereocenters. The third-order valence-corrected chi connectivity index (χ3v) is 5.65. The topological polar surface area (TPSA) is 54.9 Å². The maximum Gasteiger partial charge on any atom is 0.334 e. The zero-order valence-corrected chi connectivity index (χ0v) is 15.0. The number of hydrogen-bond acceptors (Lipinski definition) is 3. The lowest BCUT2D eigenvalue weighted by molar-refractivity contribution is 0.904. The third kappa shape index (κ3) is 2.80. The van der Waals surface area contributed by atoms with E-state index in [9.17, 15) is 9.59 Å². The second-order valence-corrected chi connectivity index (χ2v) is 7.26. The van der Waals surface area contributed by atoms with Crippen molar-refractivity contribution >= 4 is 44.8 Å². The minimum Gasteiger partial charge on any atom is -0.298 e. The van der Waals surface area contributed by atoms with Crippen molar-refractivity contribution < 1.29 is 0 Å². The molecule has 0 saturated heterocycles. The van der Waals surface area contributed by atoms with Crippen LogP contribution < -0.4 is 11.2 Å². The fourth-order valence-corrected chi connectivity index (χ4v) is 3.95. The SMILES string of the molecule is O=c1[nH]c2sc(-c3ccccc3)cc2c(=O)n1-c1ccc(Cl)c(Cl)c1. The number of nitrogens with one attached hydrogen (secondary N) is 1. The summed E-state index contributed by atoms with van der Waals surface area (Å²) in [6.07, 6.45) is 0. The average molecular weight is 389 g/mol. The molecule has 0 fully saturated rings. The maximum absolute atomic E-state index is 12.9. The highest BCUT2D eigenvalue weighted by Gasteiger charge is 2.14. The van der Waals surface area contributed by atoms with Crippen LogP contribution in [0.4, 0.5) is 0 Å². The lowest BCUT2D eigenvalue weighted by Gasteiger charge is -2.05. The molecule has 4 nitrogen and oxygen atoms in total. The summed E-state index contributed by atoms with van der Waals surface area (Å²) in [6.45, 7) is 0. The Kier molecular flexibility index (Phi) is 4.00. The number of H-pyrrole nitrogens is 1. The Labute approximate surface area is 155 Å². The fraction of sp³-hybridized carbons (Fsp3) is 0. The highest BCUT2D eigenvalue weighted by Crippen LogP contribution is 2.30. The summed E-state index contributed by atoms with van der Waals surface area (Å²) in [6, 6.07) is 16.1. The van der Waals surface area contributed by atoms with E-state index in [0.717, 1.165) is 15.0 Å². The summed E-state index contributed by atoms with van der Waals surface area (Å²) >= 11 is 13.3. The minimum atomic E-state index is -0.516. The summed E-state index contributed by atoms with van der Waals surface area (Å²) in [4.78, 5) is 29.5. The van der Waals surface area contributed by atoms with Crippen molar-refractivity contribution in [1.82, 2.24) is 9.55 Å². The van der Waals surface area contributed by atoms with Gasteiger partial charge in [-0.05, 0) is 29.8 Å². The predicted molar refractivity (Wildman–Crippen MR) is 103 cm³/mol. The van der Waals surface area contributed by atoms with Crippen LogP contribution in [-0.2, 0) is 0 Å². The number of fused-ring (bicyclic) bond motifs is 1. The number of rotatable bonds is 2. The van der Waals surface area contributed by atoms with Gasteiger partial charge in [0.2, 0.25) is 0 Å². The van der Waals surface area contributed by atoms with Crippen molar-refractivity contribution in [2.24, 2.45) is 0 Å². The maximum atomic E-state index is 12.9. The van der Waals surface area contributed by atoms with E-state index in [1.54, 1.807) is 18.2 Å². The lowest BCUT2D eigenvalue weighted by Crippen LogP contribution is -2.33. The molecule has 2 aromatic carbocycles. The summed E-state index contributed by atoms with van der Waals surface area (Å²) in [5.41, 5.74) is 0.452. The standard InChI is InChI=1S/C18H10Cl2N2O2S/c19-13-7-6-11(8-14(13)20)22-17(23)12-9-15(10-4-2-1-3-5-10)25-16(12)21-18(22)24/h1-9H,(H,21,24). The number of aromatic amines is 1. The van der Waals surface area contributed by atoms with E-state index < -0.39 is 11.2 Å². The summed E-state index contributed by atoms with van der Waals surface area (Å²) in [5, 5.41) is 1.09. The highest BCUT2D eigenvalue weighted by molar-refractivity contribution is 7.21. The van der Waals surface area contributed by atoms with Gasteiger partial charge in [-0.25, -0.2) is 9.36 Å². The summed E-state index contributed by atoms with van der Waals surface area (Å²) in [7, 11) is 0. The van der Waals surface area contributed by atoms with E-state index in [0.29, 0.717) is 20.9 Å². The molecule has 1 N–H and O–H groups in total. The number of thiophene rings is 1. The second kappa shape index (κ2) is 6.19. The molecule has 0 unspecified atom stereocenters. The number of halogens is 2. The van der Waals surface area contributed by atoms with E-state index >= 15 is 0 Å². The number of hydrogen-bond donors (Lipinski definition) is 1. The predicted octanol–water partition coefficient (Wildman–Crippen LogP) is 4.71. The molecule has 0 saturated carbocycles. The summed E-state index contributed by atoms with van der Waals surface area (Å²) < 4.78 is 1.06. The van der Waals surface area contributed by atoms with Gasteiger partial charge in [0.1, 0.15) is 4.83 Å². The van der Waals surface area contributed by atoms with Crippen molar-refractivity contribution in [3.05, 3.63) is 85.5 Å². The molecule has 25 heavy (non-hydrogen) atoms. The molecular formula is C18H10Cl2N2O2S. The first-order valence-corrected chi connectivity index (χ1v) is 8.91. The first-order valence-electron chi connectivity index (χ1n) is 7.34. The average Bonchev–Trinajstić information content (AvgIpc) is 3.03. The zero-order valence-electron chi connectivity index (χ0n) is 12.6. The van der Waals surface area contributed by atoms with Crippen molar-refractivity contribution in [3.8, 4) is 16.1 Å². The Morgan fingerprint density at radius 2 is 1.68 bits per heavy atom. The first kappa shape index (κ1) is 16.1. The van der Waals surface area contributed by atoms with Gasteiger partial charge in [0.05, 0.1) is 21.1 Å². The molecule has 7 heteroatoms. The van der Waals surface area contributed by atoms with Crippen LogP contribution in [0.25, 0.3) is 26.3 Å². The molecule has 0 amide bonds. The van der Waals surface area contributed by atoms with Gasteiger partial charge in [-0.15, -0.1) is 11.3 Å². The number of aromatic nitrogens is 2. The monoisotopic (exact) mass is 388 g/mol. The zero-order chi connectivity index (χ0) is 17.6. The molecule has 2 aromatic heterocycles. The molecule has 4 rings (SSSR count). The van der Waals surface area contributed by atoms with E-state index in [-0.39, 0.29) is 5.02 Å². The third-order valence-electron chi connectivity index (χ3n) is 3.81. The Balaban J connectivity index is 1.97. The van der Waals surface area contributed by atoms with E-state index in [2.05, 4.69) is 4.98 Å². The van der Waals surface area contributed by atoms with Crippen molar-refractivity contribution in [2.45, 2.75) is 0 Å². The van der Waals surface area contributed by atoms with E-state index in [1.165, 1.54) is 17.4 Å². The van der Waals surface area contributed by atoms with Gasteiger partial charge in [-0.1, -0.05) is 53.5 Å². The lowest BCUT2D eigenvalue weighted by atomic mass is 10.2. The first-order chi connectivity index (χ1) is 12.0. The van der Waals surface area contributed by atoms with Gasteiger partial charge in [0.25, 0.3) is 5.56 Å². The van der Waals surface area contributed by atoms with E-state index in [1.807, 2.05) is 30.3 Å². The fourth-order valence-electron chi connectivity index (χ4n) is 2.61. The molecular weight excluding hydrogens is 379 g/mol. The molecule has 0 bridgehead atoms. The van der Waals surface area contributed by atoms with Crippen LogP contribution >= 0.6 is 34.5 Å². The van der Waals surface area contributed by atoms with Gasteiger partial charge in [0.15, 0.2) is 0 Å². The minimum absolute atomic E-state index is 0.279. The van der Waals surface area contributed by atoms with Crippen LogP contribution in [0.3, 0.4) is 0 Å². The smallest absolute Gasteiger partial charge is 0.298 e. The molecule has 0 spiro atoms. The second-order valence-electron chi connectivity index (χ2n) is 5.39. The molecule has 2 heterocycles. The Morgan fingerprint density at radius 1 is 0.920 bits per heavy atom. The Morgan fingerprint density at radius 3 is 2.40 bits per heavy atom. The van der Waals surface area contributed by atoms with Crippen molar-refractivity contribution in [3.63, 3.8) is 0 Å². The Bertz CT molecular complexity index is 1210. The van der Waals surface area contributed by atoms with Crippen LogP contribution in [0.2, 0.25) is 10.0 Å². The van der Waals surface area contributed by atoms with Crippen LogP contribution in [0.5, 0.6) is 0 Å². The largest absolute Gasteiger partial charge is 0.334 e. The molecule has 0 radical (unpaired) electrons. The molecule has 0 aliphatic heterocycles. The molecule has 124 valence electrons.